The number of ether oxygens (including phenoxy) is 1. The zero-order chi connectivity index (χ0) is 22.3. The Bertz CT molecular complexity index is 1110. The van der Waals surface area contributed by atoms with E-state index in [-0.39, 0.29) is 18.0 Å². The number of nitrogens with zero attached hydrogens (tertiary/aromatic N) is 1. The van der Waals surface area contributed by atoms with E-state index in [2.05, 4.69) is 5.32 Å². The molecule has 0 unspecified atom stereocenters. The van der Waals surface area contributed by atoms with Crippen molar-refractivity contribution in [3.63, 3.8) is 0 Å². The number of anilines is 1. The number of sulfonamides is 1. The molecule has 0 heterocycles. The van der Waals surface area contributed by atoms with Gasteiger partial charge in [-0.25, -0.2) is 8.42 Å². The molecule has 0 atom stereocenters. The highest BCUT2D eigenvalue weighted by molar-refractivity contribution is 7.92. The number of rotatable bonds is 9. The van der Waals surface area contributed by atoms with Gasteiger partial charge < -0.3 is 10.1 Å². The molecule has 0 saturated heterocycles. The highest BCUT2D eigenvalue weighted by Crippen LogP contribution is 2.24. The lowest BCUT2D eigenvalue weighted by molar-refractivity contribution is -0.119. The minimum Gasteiger partial charge on any atom is -0.494 e. The highest BCUT2D eigenvalue weighted by atomic mass is 32.2. The summed E-state index contributed by atoms with van der Waals surface area (Å²) in [5.74, 6) is 0.281. The number of amides is 1. The summed E-state index contributed by atoms with van der Waals surface area (Å²) in [4.78, 5) is 12.9. The first-order valence-electron chi connectivity index (χ1n) is 10.0. The Hall–Kier alpha value is -3.32. The van der Waals surface area contributed by atoms with Crippen LogP contribution >= 0.6 is 0 Å². The Kier molecular flexibility index (Phi) is 7.31. The molecule has 31 heavy (non-hydrogen) atoms. The zero-order valence-corrected chi connectivity index (χ0v) is 18.4. The van der Waals surface area contributed by atoms with Crippen LogP contribution < -0.4 is 14.4 Å². The van der Waals surface area contributed by atoms with Crippen LogP contribution in [0.25, 0.3) is 0 Å². The van der Waals surface area contributed by atoms with Crippen molar-refractivity contribution in [2.24, 2.45) is 0 Å². The van der Waals surface area contributed by atoms with E-state index in [0.29, 0.717) is 18.0 Å². The smallest absolute Gasteiger partial charge is 0.264 e. The summed E-state index contributed by atoms with van der Waals surface area (Å²) in [7, 11) is -3.91. The molecule has 0 aliphatic heterocycles. The average Bonchev–Trinajstić information content (AvgIpc) is 2.78. The van der Waals surface area contributed by atoms with Gasteiger partial charge in [0.25, 0.3) is 10.0 Å². The van der Waals surface area contributed by atoms with Gasteiger partial charge in [-0.3, -0.25) is 9.10 Å². The summed E-state index contributed by atoms with van der Waals surface area (Å²) >= 11 is 0. The number of carbonyl (C=O) groups excluding carboxylic acids is 1. The minimum absolute atomic E-state index is 0.130. The molecule has 1 N–H and O–H groups in total. The van der Waals surface area contributed by atoms with Crippen molar-refractivity contribution in [3.05, 3.63) is 90.0 Å². The fourth-order valence-corrected chi connectivity index (χ4v) is 4.51. The van der Waals surface area contributed by atoms with Crippen molar-refractivity contribution in [2.75, 3.05) is 17.5 Å². The third-order valence-electron chi connectivity index (χ3n) is 4.69. The van der Waals surface area contributed by atoms with Gasteiger partial charge in [-0.05, 0) is 44.2 Å². The Morgan fingerprint density at radius 2 is 1.58 bits per heavy atom. The molecule has 0 bridgehead atoms. The van der Waals surface area contributed by atoms with E-state index in [4.69, 9.17) is 4.74 Å². The maximum Gasteiger partial charge on any atom is 0.264 e. The molecule has 0 aliphatic rings. The number of hydrogen-bond acceptors (Lipinski definition) is 4. The summed E-state index contributed by atoms with van der Waals surface area (Å²) < 4.78 is 33.3. The van der Waals surface area contributed by atoms with Crippen LogP contribution in [0.5, 0.6) is 5.75 Å². The van der Waals surface area contributed by atoms with Crippen molar-refractivity contribution < 1.29 is 17.9 Å². The van der Waals surface area contributed by atoms with Crippen molar-refractivity contribution in [1.82, 2.24) is 5.32 Å². The Morgan fingerprint density at radius 1 is 0.935 bits per heavy atom. The van der Waals surface area contributed by atoms with Crippen molar-refractivity contribution >= 4 is 21.6 Å². The van der Waals surface area contributed by atoms with Crippen molar-refractivity contribution in [1.29, 1.82) is 0 Å². The van der Waals surface area contributed by atoms with E-state index in [0.717, 1.165) is 15.4 Å². The summed E-state index contributed by atoms with van der Waals surface area (Å²) in [5, 5.41) is 2.81. The molecule has 3 rings (SSSR count). The second-order valence-electron chi connectivity index (χ2n) is 6.98. The normalized spacial score (nSPS) is 11.0. The lowest BCUT2D eigenvalue weighted by Crippen LogP contribution is -2.40. The van der Waals surface area contributed by atoms with Crippen LogP contribution in [0, 0.1) is 6.92 Å². The van der Waals surface area contributed by atoms with E-state index in [9.17, 15) is 13.2 Å². The van der Waals surface area contributed by atoms with Gasteiger partial charge in [0, 0.05) is 12.1 Å². The number of aryl methyl sites for hydroxylation is 1. The van der Waals surface area contributed by atoms with E-state index in [1.165, 1.54) is 12.1 Å². The first-order valence-corrected chi connectivity index (χ1v) is 11.5. The third-order valence-corrected chi connectivity index (χ3v) is 6.48. The lowest BCUT2D eigenvalue weighted by Gasteiger charge is -2.24. The molecule has 162 valence electrons. The molecule has 6 nitrogen and oxygen atoms in total. The Labute approximate surface area is 183 Å². The molecule has 0 fully saturated rings. The van der Waals surface area contributed by atoms with Crippen LogP contribution in [-0.4, -0.2) is 27.5 Å². The number of benzene rings is 3. The first kappa shape index (κ1) is 22.4. The lowest BCUT2D eigenvalue weighted by atomic mass is 10.2. The van der Waals surface area contributed by atoms with Crippen LogP contribution in [0.15, 0.2) is 83.8 Å². The van der Waals surface area contributed by atoms with Crippen molar-refractivity contribution in [3.8, 4) is 5.75 Å². The van der Waals surface area contributed by atoms with Gasteiger partial charge in [0.05, 0.1) is 17.2 Å². The second-order valence-corrected chi connectivity index (χ2v) is 8.84. The molecule has 7 heteroatoms. The average molecular weight is 439 g/mol. The van der Waals surface area contributed by atoms with Gasteiger partial charge in [-0.2, -0.15) is 0 Å². The molecule has 0 saturated carbocycles. The largest absolute Gasteiger partial charge is 0.494 e. The monoisotopic (exact) mass is 438 g/mol. The number of para-hydroxylation sites is 1. The molecular weight excluding hydrogens is 412 g/mol. The minimum atomic E-state index is -3.91. The van der Waals surface area contributed by atoms with Crippen LogP contribution in [0.2, 0.25) is 0 Å². The molecule has 0 aliphatic carbocycles. The van der Waals surface area contributed by atoms with Gasteiger partial charge in [0.2, 0.25) is 5.91 Å². The Balaban J connectivity index is 1.82. The van der Waals surface area contributed by atoms with E-state index in [1.54, 1.807) is 30.3 Å². The predicted octanol–water partition coefficient (Wildman–Crippen LogP) is 3.91. The van der Waals surface area contributed by atoms with Crippen LogP contribution in [0.4, 0.5) is 5.69 Å². The zero-order valence-electron chi connectivity index (χ0n) is 17.6. The molecule has 0 spiro atoms. The summed E-state index contributed by atoms with van der Waals surface area (Å²) in [6.45, 7) is 4.23. The summed E-state index contributed by atoms with van der Waals surface area (Å²) in [5.41, 5.74) is 2.25. The van der Waals surface area contributed by atoms with Gasteiger partial charge in [-0.1, -0.05) is 54.1 Å². The van der Waals surface area contributed by atoms with Gasteiger partial charge in [0.1, 0.15) is 12.3 Å². The summed E-state index contributed by atoms with van der Waals surface area (Å²) in [6.07, 6.45) is 0. The standard InChI is InChI=1S/C24H26N2O4S/c1-3-30-23-12-8-7-9-20(23)17-25-24(27)18-26(21-15-13-19(2)14-16-21)31(28,29)22-10-5-4-6-11-22/h4-16H,3,17-18H2,1-2H3,(H,25,27). The quantitative estimate of drug-likeness (QED) is 0.550. The maximum absolute atomic E-state index is 13.3. The number of carbonyl (C=O) groups is 1. The number of hydrogen-bond donors (Lipinski definition) is 1. The topological polar surface area (TPSA) is 75.7 Å². The Morgan fingerprint density at radius 3 is 2.26 bits per heavy atom. The van der Waals surface area contributed by atoms with E-state index < -0.39 is 15.9 Å². The molecular formula is C24H26N2O4S. The highest BCUT2D eigenvalue weighted by Gasteiger charge is 2.27. The van der Waals surface area contributed by atoms with E-state index in [1.807, 2.05) is 50.2 Å². The van der Waals surface area contributed by atoms with Crippen LogP contribution in [0.3, 0.4) is 0 Å². The first-order chi connectivity index (χ1) is 14.9. The third kappa shape index (κ3) is 5.64. The molecule has 1 amide bonds. The molecule has 0 radical (unpaired) electrons. The van der Waals surface area contributed by atoms with E-state index >= 15 is 0 Å². The molecule has 3 aromatic rings. The predicted molar refractivity (Wildman–Crippen MR) is 122 cm³/mol. The van der Waals surface area contributed by atoms with Gasteiger partial charge in [0.15, 0.2) is 0 Å². The van der Waals surface area contributed by atoms with Crippen LogP contribution in [-0.2, 0) is 21.4 Å². The van der Waals surface area contributed by atoms with Gasteiger partial charge >= 0.3 is 0 Å². The van der Waals surface area contributed by atoms with Crippen LogP contribution in [0.1, 0.15) is 18.1 Å². The summed E-state index contributed by atoms with van der Waals surface area (Å²) in [6, 6.07) is 22.6. The fraction of sp³-hybridized carbons (Fsp3) is 0.208. The molecule has 3 aromatic carbocycles. The number of nitrogens with one attached hydrogen (secondary N) is 1. The second kappa shape index (κ2) is 10.1. The molecule has 0 aromatic heterocycles. The van der Waals surface area contributed by atoms with Crippen molar-refractivity contribution in [2.45, 2.75) is 25.3 Å². The SMILES string of the molecule is CCOc1ccccc1CNC(=O)CN(c1ccc(C)cc1)S(=O)(=O)c1ccccc1. The fourth-order valence-electron chi connectivity index (χ4n) is 3.07. The van der Waals surface area contributed by atoms with Gasteiger partial charge in [-0.15, -0.1) is 0 Å². The maximum atomic E-state index is 13.3.